The predicted molar refractivity (Wildman–Crippen MR) is 69.2 cm³/mol. The van der Waals surface area contributed by atoms with Crippen molar-refractivity contribution >= 4 is 5.97 Å². The minimum absolute atomic E-state index is 0.0688. The second-order valence-electron chi connectivity index (χ2n) is 5.61. The van der Waals surface area contributed by atoms with Crippen molar-refractivity contribution < 1.29 is 18.3 Å². The molecule has 2 unspecified atom stereocenters. The molecule has 2 aliphatic heterocycles. The molecule has 0 aromatic heterocycles. The highest BCUT2D eigenvalue weighted by Crippen LogP contribution is 2.42. The van der Waals surface area contributed by atoms with E-state index < -0.39 is 11.6 Å². The van der Waals surface area contributed by atoms with Crippen molar-refractivity contribution in [3.05, 3.63) is 35.4 Å². The Hall–Kier alpha value is -1.49. The number of nitrogens with one attached hydrogen (secondary N) is 1. The molecule has 108 valence electrons. The van der Waals surface area contributed by atoms with E-state index >= 15 is 0 Å². The summed E-state index contributed by atoms with van der Waals surface area (Å²) in [6.45, 7) is 0. The summed E-state index contributed by atoms with van der Waals surface area (Å²) in [5, 5.41) is 3.41. The van der Waals surface area contributed by atoms with Crippen LogP contribution in [0.25, 0.3) is 0 Å². The van der Waals surface area contributed by atoms with Crippen molar-refractivity contribution in [2.75, 3.05) is 7.11 Å². The van der Waals surface area contributed by atoms with E-state index in [9.17, 15) is 13.6 Å². The topological polar surface area (TPSA) is 38.3 Å². The summed E-state index contributed by atoms with van der Waals surface area (Å²) in [5.41, 5.74) is 0.678. The highest BCUT2D eigenvalue weighted by Gasteiger charge is 2.46. The van der Waals surface area contributed by atoms with Crippen molar-refractivity contribution in [1.29, 1.82) is 0 Å². The number of ether oxygens (including phenoxy) is 1. The van der Waals surface area contributed by atoms with E-state index in [1.165, 1.54) is 13.2 Å². The predicted octanol–water partition coefficient (Wildman–Crippen LogP) is 2.36. The number of benzene rings is 1. The molecular weight excluding hydrogens is 264 g/mol. The van der Waals surface area contributed by atoms with Gasteiger partial charge in [-0.15, -0.1) is 0 Å². The minimum Gasteiger partial charge on any atom is -0.469 e. The van der Waals surface area contributed by atoms with Crippen LogP contribution in [0.3, 0.4) is 0 Å². The monoisotopic (exact) mass is 281 g/mol. The zero-order chi connectivity index (χ0) is 14.3. The lowest BCUT2D eigenvalue weighted by Crippen LogP contribution is -2.48. The number of hydrogen-bond acceptors (Lipinski definition) is 3. The highest BCUT2D eigenvalue weighted by atomic mass is 19.2. The Morgan fingerprint density at radius 1 is 1.30 bits per heavy atom. The van der Waals surface area contributed by atoms with E-state index in [-0.39, 0.29) is 23.8 Å². The van der Waals surface area contributed by atoms with E-state index in [2.05, 4.69) is 5.32 Å². The molecule has 0 spiro atoms. The number of esters is 1. The number of fused-ring (bicyclic) bond motifs is 2. The van der Waals surface area contributed by atoms with E-state index in [1.54, 1.807) is 6.07 Å². The summed E-state index contributed by atoms with van der Waals surface area (Å²) in [4.78, 5) is 12.1. The SMILES string of the molecule is COC(=O)C1C2CC[C@H](C[C@@H]1c1ccc(F)c(F)c1)N2. The van der Waals surface area contributed by atoms with Crippen molar-refractivity contribution in [3.8, 4) is 0 Å². The minimum atomic E-state index is -0.864. The Labute approximate surface area is 116 Å². The summed E-state index contributed by atoms with van der Waals surface area (Å²) < 4.78 is 31.4. The van der Waals surface area contributed by atoms with Crippen LogP contribution in [0, 0.1) is 17.6 Å². The molecule has 2 bridgehead atoms. The summed E-state index contributed by atoms with van der Waals surface area (Å²) in [6.07, 6.45) is 2.68. The molecule has 0 aliphatic carbocycles. The van der Waals surface area contributed by atoms with Crippen LogP contribution in [0.4, 0.5) is 8.78 Å². The van der Waals surface area contributed by atoms with Gasteiger partial charge >= 0.3 is 5.97 Å². The quantitative estimate of drug-likeness (QED) is 0.846. The van der Waals surface area contributed by atoms with Crippen LogP contribution in [0.15, 0.2) is 18.2 Å². The van der Waals surface area contributed by atoms with Crippen LogP contribution >= 0.6 is 0 Å². The summed E-state index contributed by atoms with van der Waals surface area (Å²) in [5.74, 6) is -2.45. The van der Waals surface area contributed by atoms with E-state index in [4.69, 9.17) is 4.74 Å². The largest absolute Gasteiger partial charge is 0.469 e. The highest BCUT2D eigenvalue weighted by molar-refractivity contribution is 5.75. The third kappa shape index (κ3) is 2.20. The molecule has 5 heteroatoms. The van der Waals surface area contributed by atoms with Gasteiger partial charge in [0.05, 0.1) is 13.0 Å². The molecule has 0 radical (unpaired) electrons. The summed E-state index contributed by atoms with van der Waals surface area (Å²) in [7, 11) is 1.37. The number of halogens is 2. The van der Waals surface area contributed by atoms with Crippen LogP contribution in [0.2, 0.25) is 0 Å². The maximum Gasteiger partial charge on any atom is 0.310 e. The molecule has 2 aliphatic rings. The molecule has 20 heavy (non-hydrogen) atoms. The van der Waals surface area contributed by atoms with Crippen molar-refractivity contribution in [1.82, 2.24) is 5.32 Å². The second kappa shape index (κ2) is 5.13. The van der Waals surface area contributed by atoms with E-state index in [1.807, 2.05) is 0 Å². The number of hydrogen-bond donors (Lipinski definition) is 1. The fourth-order valence-electron chi connectivity index (χ4n) is 3.60. The van der Waals surface area contributed by atoms with Gasteiger partial charge in [0.2, 0.25) is 0 Å². The molecule has 1 aromatic carbocycles. The molecule has 1 N–H and O–H groups in total. The molecule has 3 nitrogen and oxygen atoms in total. The lowest BCUT2D eigenvalue weighted by atomic mass is 9.77. The lowest BCUT2D eigenvalue weighted by molar-refractivity contribution is -0.148. The molecule has 0 saturated carbocycles. The Morgan fingerprint density at radius 3 is 2.80 bits per heavy atom. The van der Waals surface area contributed by atoms with Crippen LogP contribution in [-0.4, -0.2) is 25.2 Å². The van der Waals surface area contributed by atoms with Gasteiger partial charge in [0.25, 0.3) is 0 Å². The number of methoxy groups -OCH3 is 1. The van der Waals surface area contributed by atoms with Crippen LogP contribution in [-0.2, 0) is 9.53 Å². The third-order valence-electron chi connectivity index (χ3n) is 4.53. The Bertz CT molecular complexity index is 535. The fourth-order valence-corrected chi connectivity index (χ4v) is 3.60. The molecule has 2 saturated heterocycles. The average molecular weight is 281 g/mol. The van der Waals surface area contributed by atoms with Crippen LogP contribution in [0.5, 0.6) is 0 Å². The molecule has 0 amide bonds. The molecule has 2 heterocycles. The van der Waals surface area contributed by atoms with Gasteiger partial charge in [-0.1, -0.05) is 6.07 Å². The standard InChI is InChI=1S/C15H17F2NO2/c1-20-15(19)14-10(7-9-3-5-13(14)18-9)8-2-4-11(16)12(17)6-8/h2,4,6,9-10,13-14,18H,3,5,7H2,1H3/t9-,10-,13?,14?/m1/s1. The number of carbonyl (C=O) groups is 1. The Morgan fingerprint density at radius 2 is 2.10 bits per heavy atom. The van der Waals surface area contributed by atoms with Crippen molar-refractivity contribution in [2.24, 2.45) is 5.92 Å². The van der Waals surface area contributed by atoms with Gasteiger partial charge in [-0.05, 0) is 37.0 Å². The van der Waals surface area contributed by atoms with Crippen molar-refractivity contribution in [3.63, 3.8) is 0 Å². The fraction of sp³-hybridized carbons (Fsp3) is 0.533. The Kier molecular flexibility index (Phi) is 3.46. The van der Waals surface area contributed by atoms with Gasteiger partial charge in [0, 0.05) is 18.0 Å². The van der Waals surface area contributed by atoms with E-state index in [0.29, 0.717) is 11.6 Å². The van der Waals surface area contributed by atoms with E-state index in [0.717, 1.165) is 25.3 Å². The van der Waals surface area contributed by atoms with Crippen LogP contribution in [0.1, 0.15) is 30.7 Å². The molecular formula is C15H17F2NO2. The smallest absolute Gasteiger partial charge is 0.310 e. The number of carbonyl (C=O) groups excluding carboxylic acids is 1. The van der Waals surface area contributed by atoms with Gasteiger partial charge in [0.1, 0.15) is 0 Å². The van der Waals surface area contributed by atoms with Crippen molar-refractivity contribution in [2.45, 2.75) is 37.3 Å². The van der Waals surface area contributed by atoms with Gasteiger partial charge in [-0.25, -0.2) is 8.78 Å². The number of piperidine rings is 1. The van der Waals surface area contributed by atoms with Gasteiger partial charge < -0.3 is 10.1 Å². The zero-order valence-electron chi connectivity index (χ0n) is 11.2. The first kappa shape index (κ1) is 13.5. The normalized spacial score (nSPS) is 32.1. The Balaban J connectivity index is 1.96. The van der Waals surface area contributed by atoms with Gasteiger partial charge in [0.15, 0.2) is 11.6 Å². The molecule has 3 rings (SSSR count). The maximum atomic E-state index is 13.4. The van der Waals surface area contributed by atoms with Gasteiger partial charge in [-0.3, -0.25) is 4.79 Å². The summed E-state index contributed by atoms with van der Waals surface area (Å²) in [6, 6.07) is 4.33. The lowest BCUT2D eigenvalue weighted by Gasteiger charge is -2.36. The average Bonchev–Trinajstić information content (AvgIpc) is 2.82. The first-order chi connectivity index (χ1) is 9.60. The number of rotatable bonds is 2. The van der Waals surface area contributed by atoms with Gasteiger partial charge in [-0.2, -0.15) is 0 Å². The zero-order valence-corrected chi connectivity index (χ0v) is 11.2. The van der Waals surface area contributed by atoms with Crippen LogP contribution < -0.4 is 5.32 Å². The first-order valence-corrected chi connectivity index (χ1v) is 6.89. The third-order valence-corrected chi connectivity index (χ3v) is 4.53. The molecule has 2 fully saturated rings. The second-order valence-corrected chi connectivity index (χ2v) is 5.61. The first-order valence-electron chi connectivity index (χ1n) is 6.89. The molecule has 4 atom stereocenters. The maximum absolute atomic E-state index is 13.4. The summed E-state index contributed by atoms with van der Waals surface area (Å²) >= 11 is 0. The molecule has 1 aromatic rings.